The molecule has 0 amide bonds. The molecule has 0 atom stereocenters. The van der Waals surface area contributed by atoms with Crippen LogP contribution in [0.5, 0.6) is 0 Å². The molecule has 35 heavy (non-hydrogen) atoms. The summed E-state index contributed by atoms with van der Waals surface area (Å²) in [6, 6.07) is 9.50. The van der Waals surface area contributed by atoms with Gasteiger partial charge in [0.25, 0.3) is 11.3 Å². The fraction of sp³-hybridized carbons (Fsp3) is 0.440. The van der Waals surface area contributed by atoms with E-state index in [0.29, 0.717) is 5.69 Å². The van der Waals surface area contributed by atoms with E-state index in [4.69, 9.17) is 0 Å². The SMILES string of the molecule is Cc1cccc2nc(C(F)(F)F)c(C(C)(C)Cn3c(C(F)(F)F)c(C(C)(C)C)[n+]4ccccc34)n12. The van der Waals surface area contributed by atoms with E-state index in [9.17, 15) is 26.3 Å². The van der Waals surface area contributed by atoms with Crippen LogP contribution in [0.3, 0.4) is 0 Å². The number of alkyl halides is 6. The minimum Gasteiger partial charge on any atom is -0.300 e. The van der Waals surface area contributed by atoms with E-state index >= 15 is 0 Å². The molecule has 0 aliphatic heterocycles. The molecule has 10 heteroatoms. The molecule has 4 aromatic heterocycles. The van der Waals surface area contributed by atoms with Crippen molar-refractivity contribution in [2.24, 2.45) is 0 Å². The molecule has 0 spiro atoms. The lowest BCUT2D eigenvalue weighted by molar-refractivity contribution is -0.526. The van der Waals surface area contributed by atoms with Crippen molar-refractivity contribution in [2.45, 2.75) is 71.3 Å². The van der Waals surface area contributed by atoms with Crippen LogP contribution in [0.4, 0.5) is 26.3 Å². The second-order valence-electron chi connectivity index (χ2n) is 10.5. The molecule has 4 heterocycles. The van der Waals surface area contributed by atoms with E-state index < -0.39 is 34.6 Å². The molecular formula is C25H27F6N4+. The van der Waals surface area contributed by atoms with Crippen molar-refractivity contribution in [1.29, 1.82) is 0 Å². The summed E-state index contributed by atoms with van der Waals surface area (Å²) in [7, 11) is 0. The van der Waals surface area contributed by atoms with Gasteiger partial charge < -0.3 is 4.40 Å². The van der Waals surface area contributed by atoms with Crippen LogP contribution in [0.1, 0.15) is 63.1 Å². The van der Waals surface area contributed by atoms with Gasteiger partial charge in [0, 0.05) is 22.6 Å². The van der Waals surface area contributed by atoms with Crippen LogP contribution in [0, 0.1) is 6.92 Å². The molecule has 4 nitrogen and oxygen atoms in total. The van der Waals surface area contributed by atoms with Gasteiger partial charge >= 0.3 is 12.4 Å². The first-order valence-electron chi connectivity index (χ1n) is 11.1. The maximum absolute atomic E-state index is 14.5. The largest absolute Gasteiger partial charge is 0.457 e. The molecule has 0 unspecified atom stereocenters. The van der Waals surface area contributed by atoms with Crippen molar-refractivity contribution in [3.8, 4) is 0 Å². The molecule has 0 saturated heterocycles. The third kappa shape index (κ3) is 4.16. The molecule has 0 saturated carbocycles. The molecule has 0 fully saturated rings. The van der Waals surface area contributed by atoms with Crippen LogP contribution in [0.2, 0.25) is 0 Å². The van der Waals surface area contributed by atoms with E-state index in [1.165, 1.54) is 28.7 Å². The molecule has 0 N–H and O–H groups in total. The molecule has 0 radical (unpaired) electrons. The standard InChI is InChI=1S/C25H27F6N4/c1-15-10-9-11-16-32-18(24(26,27)28)19(35(15)16)23(5,6)14-34-17-12-7-8-13-33(17)20(22(2,3)4)21(34)25(29,30)31/h7-13H,14H2,1-6H3/q+1. The monoisotopic (exact) mass is 497 g/mol. The number of hydrogen-bond acceptors (Lipinski definition) is 1. The average molecular weight is 498 g/mol. The highest BCUT2D eigenvalue weighted by atomic mass is 19.4. The molecule has 4 aromatic rings. The zero-order chi connectivity index (χ0) is 26.1. The van der Waals surface area contributed by atoms with E-state index in [0.717, 1.165) is 4.57 Å². The van der Waals surface area contributed by atoms with E-state index in [1.54, 1.807) is 64.2 Å². The Balaban J connectivity index is 2.05. The molecule has 0 bridgehead atoms. The summed E-state index contributed by atoms with van der Waals surface area (Å²) in [6.07, 6.45) is -7.96. The van der Waals surface area contributed by atoms with Crippen molar-refractivity contribution < 1.29 is 30.7 Å². The Labute approximate surface area is 198 Å². The molecule has 0 aliphatic carbocycles. The predicted octanol–water partition coefficient (Wildman–Crippen LogP) is 6.50. The highest BCUT2D eigenvalue weighted by molar-refractivity contribution is 5.48. The van der Waals surface area contributed by atoms with E-state index in [-0.39, 0.29) is 29.2 Å². The smallest absolute Gasteiger partial charge is 0.300 e. The van der Waals surface area contributed by atoms with Crippen molar-refractivity contribution in [3.63, 3.8) is 0 Å². The van der Waals surface area contributed by atoms with Gasteiger partial charge in [-0.15, -0.1) is 0 Å². The average Bonchev–Trinajstić information content (AvgIpc) is 3.25. The fourth-order valence-corrected chi connectivity index (χ4v) is 4.91. The Morgan fingerprint density at radius 3 is 2.06 bits per heavy atom. The zero-order valence-corrected chi connectivity index (χ0v) is 20.3. The zero-order valence-electron chi connectivity index (χ0n) is 20.3. The maximum Gasteiger partial charge on any atom is 0.457 e. The van der Waals surface area contributed by atoms with Crippen molar-refractivity contribution in [1.82, 2.24) is 14.0 Å². The van der Waals surface area contributed by atoms with Gasteiger partial charge in [0.15, 0.2) is 11.4 Å². The molecule has 0 aliphatic rings. The number of imidazole rings is 2. The normalized spacial score (nSPS) is 13.8. The minimum absolute atomic E-state index is 0.0433. The number of halogens is 6. The number of hydrogen-bond donors (Lipinski definition) is 0. The van der Waals surface area contributed by atoms with Crippen molar-refractivity contribution in [2.75, 3.05) is 0 Å². The summed E-state index contributed by atoms with van der Waals surface area (Å²) >= 11 is 0. The summed E-state index contributed by atoms with van der Waals surface area (Å²) in [6.45, 7) is 9.39. The number of rotatable bonds is 3. The first-order chi connectivity index (χ1) is 15.9. The lowest BCUT2D eigenvalue weighted by Gasteiger charge is -2.26. The topological polar surface area (TPSA) is 26.3 Å². The van der Waals surface area contributed by atoms with Gasteiger partial charge in [-0.1, -0.05) is 46.8 Å². The lowest BCUT2D eigenvalue weighted by Crippen LogP contribution is -2.34. The summed E-state index contributed by atoms with van der Waals surface area (Å²) < 4.78 is 89.9. The van der Waals surface area contributed by atoms with Crippen molar-refractivity contribution in [3.05, 3.63) is 71.1 Å². The van der Waals surface area contributed by atoms with Gasteiger partial charge in [-0.05, 0) is 25.1 Å². The second kappa shape index (κ2) is 7.73. The number of nitrogens with zero attached hydrogens (tertiary/aromatic N) is 4. The molecular weight excluding hydrogens is 470 g/mol. The quantitative estimate of drug-likeness (QED) is 0.235. The lowest BCUT2D eigenvalue weighted by atomic mass is 9.86. The summed E-state index contributed by atoms with van der Waals surface area (Å²) in [5.74, 6) is 0. The summed E-state index contributed by atoms with van der Waals surface area (Å²) in [5.41, 5.74) is -3.51. The van der Waals surface area contributed by atoms with Crippen LogP contribution >= 0.6 is 0 Å². The number of aryl methyl sites for hydroxylation is 1. The summed E-state index contributed by atoms with van der Waals surface area (Å²) in [5, 5.41) is 0. The fourth-order valence-electron chi connectivity index (χ4n) is 4.91. The van der Waals surface area contributed by atoms with Crippen LogP contribution in [-0.2, 0) is 29.7 Å². The van der Waals surface area contributed by atoms with Crippen LogP contribution in [0.25, 0.3) is 11.3 Å². The maximum atomic E-state index is 14.5. The highest BCUT2D eigenvalue weighted by Gasteiger charge is 2.51. The Morgan fingerprint density at radius 2 is 1.49 bits per heavy atom. The Morgan fingerprint density at radius 1 is 0.829 bits per heavy atom. The summed E-state index contributed by atoms with van der Waals surface area (Å²) in [4.78, 5) is 3.83. The first-order valence-corrected chi connectivity index (χ1v) is 11.1. The predicted molar refractivity (Wildman–Crippen MR) is 119 cm³/mol. The van der Waals surface area contributed by atoms with Crippen LogP contribution in [0.15, 0.2) is 42.6 Å². The van der Waals surface area contributed by atoms with E-state index in [2.05, 4.69) is 4.98 Å². The minimum atomic E-state index is -4.78. The van der Waals surface area contributed by atoms with Crippen LogP contribution < -0.4 is 4.40 Å². The molecule has 0 aromatic carbocycles. The Bertz CT molecular complexity index is 1410. The third-order valence-electron chi connectivity index (χ3n) is 6.13. The van der Waals surface area contributed by atoms with Gasteiger partial charge in [-0.25, -0.2) is 9.55 Å². The number of pyridine rings is 2. The third-order valence-corrected chi connectivity index (χ3v) is 6.13. The van der Waals surface area contributed by atoms with Gasteiger partial charge in [0.2, 0.25) is 0 Å². The highest BCUT2D eigenvalue weighted by Crippen LogP contribution is 2.42. The Kier molecular flexibility index (Phi) is 5.54. The first kappa shape index (κ1) is 25.1. The number of aromatic nitrogens is 4. The van der Waals surface area contributed by atoms with Gasteiger partial charge in [0.1, 0.15) is 12.2 Å². The molecule has 188 valence electrons. The number of fused-ring (bicyclic) bond motifs is 2. The second-order valence-corrected chi connectivity index (χ2v) is 10.5. The Hall–Kier alpha value is -3.04. The van der Waals surface area contributed by atoms with Crippen LogP contribution in [-0.4, -0.2) is 14.0 Å². The van der Waals surface area contributed by atoms with Gasteiger partial charge in [0.05, 0.1) is 11.9 Å². The van der Waals surface area contributed by atoms with E-state index in [1.807, 2.05) is 0 Å². The molecule has 4 rings (SSSR count). The van der Waals surface area contributed by atoms with Crippen molar-refractivity contribution >= 4 is 11.3 Å². The van der Waals surface area contributed by atoms with Gasteiger partial charge in [-0.3, -0.25) is 0 Å². The van der Waals surface area contributed by atoms with Gasteiger partial charge in [-0.2, -0.15) is 30.7 Å².